The van der Waals surface area contributed by atoms with Gasteiger partial charge in [-0.2, -0.15) is 13.2 Å². The standard InChI is InChI=1S/C29H26F4N4O3S/c1-41(39,40)27-12-5-3-10-23(27)20-13-14-26(25(30)16-20)35-28(38)37(36-22-9-6-7-19(15-22)17-34)18-21-8-2-4-11-24(21)29(31,32)33/h2-16,36H,17-18,34H2,1H3,(H,35,38). The Morgan fingerprint density at radius 2 is 1.63 bits per heavy atom. The molecule has 0 spiro atoms. The highest BCUT2D eigenvalue weighted by molar-refractivity contribution is 7.90. The van der Waals surface area contributed by atoms with Crippen LogP contribution < -0.4 is 16.5 Å². The lowest BCUT2D eigenvalue weighted by atomic mass is 10.0. The van der Waals surface area contributed by atoms with Crippen LogP contribution in [0.25, 0.3) is 11.1 Å². The van der Waals surface area contributed by atoms with E-state index in [1.54, 1.807) is 36.4 Å². The number of hydrogen-bond acceptors (Lipinski definition) is 5. The molecule has 41 heavy (non-hydrogen) atoms. The van der Waals surface area contributed by atoms with Crippen LogP contribution in [0.1, 0.15) is 16.7 Å². The fraction of sp³-hybridized carbons (Fsp3) is 0.138. The molecule has 4 aromatic carbocycles. The van der Waals surface area contributed by atoms with Gasteiger partial charge in [0.2, 0.25) is 0 Å². The molecule has 0 heterocycles. The lowest BCUT2D eigenvalue weighted by Crippen LogP contribution is -2.39. The molecule has 0 fully saturated rings. The van der Waals surface area contributed by atoms with Gasteiger partial charge in [-0.25, -0.2) is 22.6 Å². The van der Waals surface area contributed by atoms with Crippen molar-refractivity contribution in [3.05, 3.63) is 114 Å². The van der Waals surface area contributed by atoms with Crippen LogP contribution >= 0.6 is 0 Å². The van der Waals surface area contributed by atoms with Crippen molar-refractivity contribution in [2.45, 2.75) is 24.2 Å². The number of nitrogens with zero attached hydrogens (tertiary/aromatic N) is 1. The molecule has 4 aromatic rings. The minimum atomic E-state index is -4.66. The van der Waals surface area contributed by atoms with Crippen molar-refractivity contribution < 1.29 is 30.8 Å². The second-order valence-electron chi connectivity index (χ2n) is 9.15. The van der Waals surface area contributed by atoms with E-state index in [0.717, 1.165) is 23.4 Å². The Bertz CT molecular complexity index is 1680. The molecule has 0 aliphatic carbocycles. The van der Waals surface area contributed by atoms with Gasteiger partial charge in [0.1, 0.15) is 5.82 Å². The molecular weight excluding hydrogens is 560 g/mol. The molecule has 0 radical (unpaired) electrons. The molecule has 0 atom stereocenters. The first-order chi connectivity index (χ1) is 19.4. The normalized spacial score (nSPS) is 11.7. The monoisotopic (exact) mass is 586 g/mol. The number of sulfone groups is 1. The van der Waals surface area contributed by atoms with Crippen molar-refractivity contribution in [2.24, 2.45) is 5.73 Å². The molecule has 214 valence electrons. The number of carbonyl (C=O) groups is 1. The fourth-order valence-electron chi connectivity index (χ4n) is 4.19. The lowest BCUT2D eigenvalue weighted by Gasteiger charge is -2.26. The molecule has 0 aromatic heterocycles. The van der Waals surface area contributed by atoms with Crippen LogP contribution in [0.3, 0.4) is 0 Å². The predicted molar refractivity (Wildman–Crippen MR) is 149 cm³/mol. The summed E-state index contributed by atoms with van der Waals surface area (Å²) in [5.74, 6) is -0.875. The third-order valence-corrected chi connectivity index (χ3v) is 7.29. The maximum atomic E-state index is 15.2. The minimum absolute atomic E-state index is 0.00889. The third kappa shape index (κ3) is 7.21. The highest BCUT2D eigenvalue weighted by Gasteiger charge is 2.34. The van der Waals surface area contributed by atoms with Gasteiger partial charge in [0, 0.05) is 18.4 Å². The van der Waals surface area contributed by atoms with E-state index >= 15 is 4.39 Å². The Kier molecular flexibility index (Phi) is 8.64. The third-order valence-electron chi connectivity index (χ3n) is 6.13. The highest BCUT2D eigenvalue weighted by Crippen LogP contribution is 2.33. The molecular formula is C29H26F4N4O3S. The summed E-state index contributed by atoms with van der Waals surface area (Å²) in [5, 5.41) is 3.28. The average molecular weight is 587 g/mol. The van der Waals surface area contributed by atoms with Gasteiger partial charge in [-0.1, -0.05) is 54.6 Å². The summed E-state index contributed by atoms with van der Waals surface area (Å²) in [6, 6.07) is 20.4. The highest BCUT2D eigenvalue weighted by atomic mass is 32.2. The molecule has 2 amide bonds. The molecule has 0 aliphatic rings. The number of hydrazine groups is 1. The van der Waals surface area contributed by atoms with Crippen molar-refractivity contribution in [1.82, 2.24) is 5.01 Å². The summed E-state index contributed by atoms with van der Waals surface area (Å²) >= 11 is 0. The first kappa shape index (κ1) is 29.6. The van der Waals surface area contributed by atoms with Crippen molar-refractivity contribution in [2.75, 3.05) is 17.0 Å². The van der Waals surface area contributed by atoms with Gasteiger partial charge in [0.15, 0.2) is 9.84 Å². The number of anilines is 2. The average Bonchev–Trinajstić information content (AvgIpc) is 2.93. The summed E-state index contributed by atoms with van der Waals surface area (Å²) < 4.78 is 80.6. The molecule has 0 saturated heterocycles. The van der Waals surface area contributed by atoms with Crippen molar-refractivity contribution in [3.63, 3.8) is 0 Å². The maximum absolute atomic E-state index is 15.2. The van der Waals surface area contributed by atoms with E-state index in [-0.39, 0.29) is 33.8 Å². The molecule has 7 nitrogen and oxygen atoms in total. The number of hydrogen-bond donors (Lipinski definition) is 3. The van der Waals surface area contributed by atoms with Gasteiger partial charge in [0.25, 0.3) is 0 Å². The van der Waals surface area contributed by atoms with Gasteiger partial charge in [0.05, 0.1) is 28.4 Å². The van der Waals surface area contributed by atoms with Crippen molar-refractivity contribution >= 4 is 27.2 Å². The zero-order chi connectivity index (χ0) is 29.8. The van der Waals surface area contributed by atoms with Crippen LogP contribution in [0.2, 0.25) is 0 Å². The largest absolute Gasteiger partial charge is 0.416 e. The number of benzene rings is 4. The number of amides is 2. The molecule has 4 N–H and O–H groups in total. The first-order valence-electron chi connectivity index (χ1n) is 12.2. The molecule has 0 bridgehead atoms. The number of rotatable bonds is 8. The minimum Gasteiger partial charge on any atom is -0.326 e. The zero-order valence-corrected chi connectivity index (χ0v) is 22.6. The van der Waals surface area contributed by atoms with Crippen LogP contribution in [-0.2, 0) is 29.1 Å². The quantitative estimate of drug-likeness (QED) is 0.163. The summed E-state index contributed by atoms with van der Waals surface area (Å²) in [7, 11) is -3.61. The van der Waals surface area contributed by atoms with E-state index in [1.165, 1.54) is 42.5 Å². The Labute approximate surface area is 234 Å². The molecule has 0 aliphatic heterocycles. The second kappa shape index (κ2) is 12.0. The van der Waals surface area contributed by atoms with Gasteiger partial charge >= 0.3 is 12.2 Å². The number of carbonyl (C=O) groups excluding carboxylic acids is 1. The van der Waals surface area contributed by atoms with Crippen LogP contribution in [-0.4, -0.2) is 25.7 Å². The van der Waals surface area contributed by atoms with E-state index in [9.17, 15) is 26.4 Å². The van der Waals surface area contributed by atoms with Crippen LogP contribution in [0, 0.1) is 5.82 Å². The number of urea groups is 1. The summed E-state index contributed by atoms with van der Waals surface area (Å²) in [5.41, 5.74) is 8.73. The van der Waals surface area contributed by atoms with Crippen molar-refractivity contribution in [3.8, 4) is 11.1 Å². The molecule has 0 unspecified atom stereocenters. The van der Waals surface area contributed by atoms with Crippen LogP contribution in [0.15, 0.2) is 95.9 Å². The van der Waals surface area contributed by atoms with E-state index < -0.39 is 40.0 Å². The molecule has 4 rings (SSSR count). The number of halogens is 4. The lowest BCUT2D eigenvalue weighted by molar-refractivity contribution is -0.138. The van der Waals surface area contributed by atoms with Gasteiger partial charge in [-0.3, -0.25) is 5.43 Å². The fourth-order valence-corrected chi connectivity index (χ4v) is 5.10. The zero-order valence-electron chi connectivity index (χ0n) is 21.7. The molecule has 0 saturated carbocycles. The number of alkyl halides is 3. The number of nitrogens with two attached hydrogens (primary N) is 1. The Morgan fingerprint density at radius 1 is 0.927 bits per heavy atom. The Hall–Kier alpha value is -4.42. The van der Waals surface area contributed by atoms with Gasteiger partial charge < -0.3 is 11.1 Å². The van der Waals surface area contributed by atoms with Crippen LogP contribution in [0.4, 0.5) is 33.7 Å². The second-order valence-corrected chi connectivity index (χ2v) is 11.1. The van der Waals surface area contributed by atoms with Crippen molar-refractivity contribution in [1.29, 1.82) is 0 Å². The van der Waals surface area contributed by atoms with E-state index in [0.29, 0.717) is 11.3 Å². The van der Waals surface area contributed by atoms with E-state index in [1.807, 2.05) is 0 Å². The summed E-state index contributed by atoms with van der Waals surface area (Å²) in [6.45, 7) is -0.325. The summed E-state index contributed by atoms with van der Waals surface area (Å²) in [6.07, 6.45) is -3.62. The van der Waals surface area contributed by atoms with E-state index in [2.05, 4.69) is 10.7 Å². The van der Waals surface area contributed by atoms with E-state index in [4.69, 9.17) is 5.73 Å². The Balaban J connectivity index is 1.66. The summed E-state index contributed by atoms with van der Waals surface area (Å²) in [4.78, 5) is 13.3. The number of nitrogens with one attached hydrogen (secondary N) is 2. The topological polar surface area (TPSA) is 105 Å². The first-order valence-corrected chi connectivity index (χ1v) is 14.1. The smallest absolute Gasteiger partial charge is 0.326 e. The molecule has 12 heteroatoms. The van der Waals surface area contributed by atoms with Crippen LogP contribution in [0.5, 0.6) is 0 Å². The predicted octanol–water partition coefficient (Wildman–Crippen LogP) is 6.43. The maximum Gasteiger partial charge on any atom is 0.416 e. The Morgan fingerprint density at radius 3 is 2.32 bits per heavy atom. The van der Waals surface area contributed by atoms with Gasteiger partial charge in [-0.15, -0.1) is 0 Å². The SMILES string of the molecule is CS(=O)(=O)c1ccccc1-c1ccc(NC(=O)N(Cc2ccccc2C(F)(F)F)Nc2cccc(CN)c2)c(F)c1. The van der Waals surface area contributed by atoms with Gasteiger partial charge in [-0.05, 0) is 53.1 Å².